The van der Waals surface area contributed by atoms with E-state index in [1.54, 1.807) is 16.9 Å². The number of fused-ring (bicyclic) bond motifs is 1. The van der Waals surface area contributed by atoms with E-state index in [-0.39, 0.29) is 37.0 Å². The summed E-state index contributed by atoms with van der Waals surface area (Å²) in [6.45, 7) is 2.21. The monoisotopic (exact) mass is 354 g/mol. The second-order valence-electron chi connectivity index (χ2n) is 7.59. The van der Waals surface area contributed by atoms with Gasteiger partial charge in [-0.3, -0.25) is 9.59 Å². The van der Waals surface area contributed by atoms with Gasteiger partial charge in [0.2, 0.25) is 11.8 Å². The Morgan fingerprint density at radius 3 is 2.84 bits per heavy atom. The quantitative estimate of drug-likeness (QED) is 0.780. The molecule has 2 heterocycles. The SMILES string of the molecule is COCCN1C(=O)CO[C@@H]2CCN(C(=O)CC3(O)CCCCC3)C[C@@H]21. The molecule has 0 unspecified atom stereocenters. The predicted octanol–water partition coefficient (Wildman–Crippen LogP) is 0.546. The maximum absolute atomic E-state index is 12.7. The van der Waals surface area contributed by atoms with E-state index in [0.29, 0.717) is 39.1 Å². The number of morpholine rings is 1. The Labute approximate surface area is 149 Å². The maximum atomic E-state index is 12.7. The van der Waals surface area contributed by atoms with E-state index in [4.69, 9.17) is 9.47 Å². The summed E-state index contributed by atoms with van der Waals surface area (Å²) in [4.78, 5) is 28.5. The van der Waals surface area contributed by atoms with E-state index in [1.807, 2.05) is 0 Å². The van der Waals surface area contributed by atoms with Crippen molar-refractivity contribution in [1.82, 2.24) is 9.80 Å². The number of ether oxygens (including phenoxy) is 2. The van der Waals surface area contributed by atoms with E-state index < -0.39 is 5.60 Å². The second kappa shape index (κ2) is 8.01. The van der Waals surface area contributed by atoms with Gasteiger partial charge in [0.15, 0.2) is 0 Å². The third-order valence-corrected chi connectivity index (χ3v) is 5.82. The van der Waals surface area contributed by atoms with Crippen molar-refractivity contribution in [2.45, 2.75) is 62.7 Å². The van der Waals surface area contributed by atoms with E-state index in [2.05, 4.69) is 0 Å². The summed E-state index contributed by atoms with van der Waals surface area (Å²) in [6.07, 6.45) is 5.43. The molecule has 0 aromatic rings. The van der Waals surface area contributed by atoms with Gasteiger partial charge in [0, 0.05) is 26.7 Å². The normalized spacial score (nSPS) is 29.4. The van der Waals surface area contributed by atoms with Crippen LogP contribution in [-0.2, 0) is 19.1 Å². The van der Waals surface area contributed by atoms with Crippen LogP contribution in [-0.4, -0.2) is 84.4 Å². The van der Waals surface area contributed by atoms with Crippen molar-refractivity contribution < 1.29 is 24.2 Å². The number of aliphatic hydroxyl groups is 1. The third-order valence-electron chi connectivity index (χ3n) is 5.82. The van der Waals surface area contributed by atoms with Gasteiger partial charge in [0.25, 0.3) is 0 Å². The summed E-state index contributed by atoms with van der Waals surface area (Å²) in [5, 5.41) is 10.7. The van der Waals surface area contributed by atoms with Crippen molar-refractivity contribution in [1.29, 1.82) is 0 Å². The summed E-state index contributed by atoms with van der Waals surface area (Å²) in [5.41, 5.74) is -0.846. The molecule has 7 heteroatoms. The van der Waals surface area contributed by atoms with Crippen molar-refractivity contribution in [2.24, 2.45) is 0 Å². The lowest BCUT2D eigenvalue weighted by Crippen LogP contribution is -2.63. The molecule has 0 aromatic carbocycles. The number of nitrogens with zero attached hydrogens (tertiary/aromatic N) is 2. The minimum Gasteiger partial charge on any atom is -0.389 e. The number of likely N-dealkylation sites (tertiary alicyclic amines) is 1. The molecular formula is C18H30N2O5. The first kappa shape index (κ1) is 18.6. The summed E-state index contributed by atoms with van der Waals surface area (Å²) < 4.78 is 10.8. The van der Waals surface area contributed by atoms with Gasteiger partial charge in [-0.1, -0.05) is 19.3 Å². The van der Waals surface area contributed by atoms with Crippen LogP contribution in [0.25, 0.3) is 0 Å². The van der Waals surface area contributed by atoms with Crippen LogP contribution in [0.5, 0.6) is 0 Å². The molecule has 7 nitrogen and oxygen atoms in total. The fraction of sp³-hybridized carbons (Fsp3) is 0.889. The molecule has 0 aromatic heterocycles. The van der Waals surface area contributed by atoms with Crippen LogP contribution in [0, 0.1) is 0 Å². The van der Waals surface area contributed by atoms with Crippen LogP contribution < -0.4 is 0 Å². The largest absolute Gasteiger partial charge is 0.389 e. The Balaban J connectivity index is 1.62. The summed E-state index contributed by atoms with van der Waals surface area (Å²) >= 11 is 0. The topological polar surface area (TPSA) is 79.3 Å². The molecule has 1 aliphatic carbocycles. The molecule has 0 bridgehead atoms. The predicted molar refractivity (Wildman–Crippen MR) is 91.0 cm³/mol. The molecule has 0 radical (unpaired) electrons. The van der Waals surface area contributed by atoms with Gasteiger partial charge < -0.3 is 24.4 Å². The number of hydrogen-bond acceptors (Lipinski definition) is 5. The highest BCUT2D eigenvalue weighted by Crippen LogP contribution is 2.32. The number of amides is 2. The number of piperidine rings is 1. The zero-order valence-electron chi connectivity index (χ0n) is 15.1. The van der Waals surface area contributed by atoms with Gasteiger partial charge in [0.1, 0.15) is 6.61 Å². The fourth-order valence-corrected chi connectivity index (χ4v) is 4.34. The van der Waals surface area contributed by atoms with Crippen molar-refractivity contribution in [2.75, 3.05) is 40.0 Å². The van der Waals surface area contributed by atoms with E-state index in [0.717, 1.165) is 25.7 Å². The lowest BCUT2D eigenvalue weighted by molar-refractivity contribution is -0.168. The van der Waals surface area contributed by atoms with Crippen LogP contribution in [0.4, 0.5) is 0 Å². The van der Waals surface area contributed by atoms with Crippen LogP contribution in [0.15, 0.2) is 0 Å². The van der Waals surface area contributed by atoms with Gasteiger partial charge in [-0.15, -0.1) is 0 Å². The minimum absolute atomic E-state index is 0.00689. The zero-order valence-corrected chi connectivity index (χ0v) is 15.1. The molecule has 2 amide bonds. The van der Waals surface area contributed by atoms with E-state index >= 15 is 0 Å². The molecule has 25 heavy (non-hydrogen) atoms. The Bertz CT molecular complexity index is 492. The lowest BCUT2D eigenvalue weighted by atomic mass is 9.82. The van der Waals surface area contributed by atoms with E-state index in [9.17, 15) is 14.7 Å². The minimum atomic E-state index is -0.846. The molecule has 3 fully saturated rings. The summed E-state index contributed by atoms with van der Waals surface area (Å²) in [6, 6.07) is -0.116. The highest BCUT2D eigenvalue weighted by atomic mass is 16.5. The molecular weight excluding hydrogens is 324 g/mol. The molecule has 3 aliphatic rings. The fourth-order valence-electron chi connectivity index (χ4n) is 4.34. The molecule has 1 N–H and O–H groups in total. The second-order valence-corrected chi connectivity index (χ2v) is 7.59. The Morgan fingerprint density at radius 2 is 2.12 bits per heavy atom. The first-order valence-corrected chi connectivity index (χ1v) is 9.42. The first-order chi connectivity index (χ1) is 12.0. The molecule has 2 aliphatic heterocycles. The molecule has 2 atom stereocenters. The Kier molecular flexibility index (Phi) is 5.96. The zero-order chi connectivity index (χ0) is 17.9. The van der Waals surface area contributed by atoms with Crippen LogP contribution in [0.2, 0.25) is 0 Å². The molecule has 0 spiro atoms. The highest BCUT2D eigenvalue weighted by Gasteiger charge is 2.42. The maximum Gasteiger partial charge on any atom is 0.249 e. The van der Waals surface area contributed by atoms with Crippen molar-refractivity contribution >= 4 is 11.8 Å². The number of rotatable bonds is 5. The van der Waals surface area contributed by atoms with Gasteiger partial charge in [-0.05, 0) is 19.3 Å². The van der Waals surface area contributed by atoms with Gasteiger partial charge in [-0.25, -0.2) is 0 Å². The number of carbonyl (C=O) groups excluding carboxylic acids is 2. The molecule has 2 saturated heterocycles. The molecule has 1 saturated carbocycles. The van der Waals surface area contributed by atoms with Crippen LogP contribution in [0.3, 0.4) is 0 Å². The van der Waals surface area contributed by atoms with Crippen molar-refractivity contribution in [3.63, 3.8) is 0 Å². The molecule has 3 rings (SSSR count). The smallest absolute Gasteiger partial charge is 0.249 e. The van der Waals surface area contributed by atoms with E-state index in [1.165, 1.54) is 0 Å². The third kappa shape index (κ3) is 4.33. The first-order valence-electron chi connectivity index (χ1n) is 9.42. The van der Waals surface area contributed by atoms with Gasteiger partial charge >= 0.3 is 0 Å². The number of carbonyl (C=O) groups is 2. The number of hydrogen-bond donors (Lipinski definition) is 1. The highest BCUT2D eigenvalue weighted by molar-refractivity contribution is 5.80. The Hall–Kier alpha value is -1.18. The number of methoxy groups -OCH3 is 1. The average molecular weight is 354 g/mol. The summed E-state index contributed by atoms with van der Waals surface area (Å²) in [5.74, 6) is -0.0499. The average Bonchev–Trinajstić information content (AvgIpc) is 2.60. The lowest BCUT2D eigenvalue weighted by Gasteiger charge is -2.47. The van der Waals surface area contributed by atoms with Crippen molar-refractivity contribution in [3.05, 3.63) is 0 Å². The van der Waals surface area contributed by atoms with Crippen LogP contribution >= 0.6 is 0 Å². The van der Waals surface area contributed by atoms with Gasteiger partial charge in [-0.2, -0.15) is 0 Å². The van der Waals surface area contributed by atoms with Gasteiger partial charge in [0.05, 0.1) is 30.8 Å². The Morgan fingerprint density at radius 1 is 1.36 bits per heavy atom. The van der Waals surface area contributed by atoms with Crippen molar-refractivity contribution in [3.8, 4) is 0 Å². The molecule has 142 valence electrons. The summed E-state index contributed by atoms with van der Waals surface area (Å²) in [7, 11) is 1.62. The standard InChI is InChI=1S/C18H30N2O5/c1-24-10-9-20-14-12-19(8-5-15(14)25-13-17(20)22)16(21)11-18(23)6-3-2-4-7-18/h14-15,23H,2-13H2,1H3/t14-,15+/m0/s1. The van der Waals surface area contributed by atoms with Crippen LogP contribution in [0.1, 0.15) is 44.9 Å².